The second kappa shape index (κ2) is 13.2. The van der Waals surface area contributed by atoms with Gasteiger partial charge in [-0.1, -0.05) is 54.6 Å². The molecule has 43 heavy (non-hydrogen) atoms. The molecule has 0 radical (unpaired) electrons. The summed E-state index contributed by atoms with van der Waals surface area (Å²) in [4.78, 5) is 40.6. The zero-order valence-electron chi connectivity index (χ0n) is 23.1. The molecule has 0 aliphatic carbocycles. The lowest BCUT2D eigenvalue weighted by atomic mass is 9.98. The fourth-order valence-electron chi connectivity index (χ4n) is 5.10. The number of aliphatic hydroxyl groups is 1. The summed E-state index contributed by atoms with van der Waals surface area (Å²) >= 11 is 0. The maximum Gasteiger partial charge on any atom is 0.416 e. The van der Waals surface area contributed by atoms with Gasteiger partial charge in [-0.3, -0.25) is 14.4 Å². The van der Waals surface area contributed by atoms with Gasteiger partial charge in [0.25, 0.3) is 11.8 Å². The summed E-state index contributed by atoms with van der Waals surface area (Å²) in [6.07, 6.45) is -8.60. The Kier molecular flexibility index (Phi) is 9.70. The number of carbonyl (C=O) groups excluding carboxylic acids is 3. The predicted molar refractivity (Wildman–Crippen MR) is 149 cm³/mol. The average molecular weight is 602 g/mol. The highest BCUT2D eigenvalue weighted by Gasteiger charge is 2.43. The number of nitrogens with one attached hydrogen (secondary N) is 2. The molecule has 3 aromatic carbocycles. The molecule has 228 valence electrons. The number of likely N-dealkylation sites (tertiary alicyclic amines) is 1. The summed E-state index contributed by atoms with van der Waals surface area (Å²) in [6, 6.07) is 15.1. The van der Waals surface area contributed by atoms with Crippen LogP contribution in [0.5, 0.6) is 5.75 Å². The Bertz CT molecular complexity index is 1470. The van der Waals surface area contributed by atoms with Crippen molar-refractivity contribution in [2.45, 2.75) is 56.8 Å². The van der Waals surface area contributed by atoms with Crippen LogP contribution >= 0.6 is 0 Å². The molecule has 4 N–H and O–H groups in total. The van der Waals surface area contributed by atoms with Crippen molar-refractivity contribution in [2.24, 2.45) is 0 Å². The highest BCUT2D eigenvalue weighted by atomic mass is 19.4. The molecule has 4 atom stereocenters. The number of halogens is 4. The maximum atomic E-state index is 14.6. The number of aliphatic hydroxyl groups excluding tert-OH is 1. The second-order valence-corrected chi connectivity index (χ2v) is 10.4. The number of phenols is 1. The summed E-state index contributed by atoms with van der Waals surface area (Å²) in [5.41, 5.74) is -0.0874. The third kappa shape index (κ3) is 7.50. The Balaban J connectivity index is 1.53. The van der Waals surface area contributed by atoms with Gasteiger partial charge in [0.05, 0.1) is 18.2 Å². The lowest BCUT2D eigenvalue weighted by Crippen LogP contribution is -2.55. The Hall–Kier alpha value is -4.45. The first-order valence-corrected chi connectivity index (χ1v) is 13.6. The monoisotopic (exact) mass is 601 g/mol. The minimum Gasteiger partial charge on any atom is -0.508 e. The van der Waals surface area contributed by atoms with Crippen molar-refractivity contribution in [3.05, 3.63) is 101 Å². The molecule has 0 spiro atoms. The van der Waals surface area contributed by atoms with Crippen LogP contribution in [-0.2, 0) is 28.7 Å². The molecule has 1 heterocycles. The van der Waals surface area contributed by atoms with E-state index in [2.05, 4.69) is 10.6 Å². The number of hydrogen-bond acceptors (Lipinski definition) is 5. The largest absolute Gasteiger partial charge is 0.508 e. The van der Waals surface area contributed by atoms with Crippen molar-refractivity contribution in [3.63, 3.8) is 0 Å². The number of rotatable bonds is 9. The topological polar surface area (TPSA) is 119 Å². The molecule has 3 amide bonds. The zero-order chi connectivity index (χ0) is 31.3. The van der Waals surface area contributed by atoms with Gasteiger partial charge in [-0.15, -0.1) is 0 Å². The summed E-state index contributed by atoms with van der Waals surface area (Å²) in [6.45, 7) is 0.493. The lowest BCUT2D eigenvalue weighted by Gasteiger charge is -2.30. The van der Waals surface area contributed by atoms with Crippen molar-refractivity contribution in [1.29, 1.82) is 0 Å². The van der Waals surface area contributed by atoms with Crippen LogP contribution in [0.15, 0.2) is 72.8 Å². The molecule has 3 aromatic rings. The summed E-state index contributed by atoms with van der Waals surface area (Å²) in [5.74, 6) is -2.70. The van der Waals surface area contributed by atoms with Crippen molar-refractivity contribution >= 4 is 17.7 Å². The normalized spacial score (nSPS) is 18.1. The molecule has 0 bridgehead atoms. The number of aromatic hydroxyl groups is 1. The quantitative estimate of drug-likeness (QED) is 0.279. The van der Waals surface area contributed by atoms with Gasteiger partial charge in [0, 0.05) is 24.1 Å². The molecule has 1 saturated heterocycles. The van der Waals surface area contributed by atoms with Crippen molar-refractivity contribution in [3.8, 4) is 5.75 Å². The molecular formula is C31H31F4N3O5. The molecular weight excluding hydrogens is 570 g/mol. The average Bonchev–Trinajstić information content (AvgIpc) is 3.38. The number of alkyl halides is 4. The highest BCUT2D eigenvalue weighted by Crippen LogP contribution is 2.32. The minimum atomic E-state index is -4.65. The van der Waals surface area contributed by atoms with Crippen LogP contribution in [0.25, 0.3) is 0 Å². The standard InChI is InChI=1S/C31H31F4N3O5/c1-18-22(11-7-13-26(18)39)28(41)37-24(14-19-8-3-2-4-9-19)27(40)30(43)38-17-21(32)15-25(38)29(42)36-16-20-10-5-6-12-23(20)31(33,34)35/h2-13,21,24-25,27,39-40H,14-17H2,1H3,(H,36,42)(H,37,41)/t21-,24+,25-,27+/m1/s1. The lowest BCUT2D eigenvalue weighted by molar-refractivity contribution is -0.146. The van der Waals surface area contributed by atoms with Gasteiger partial charge in [-0.25, -0.2) is 4.39 Å². The van der Waals surface area contributed by atoms with E-state index >= 15 is 0 Å². The van der Waals surface area contributed by atoms with E-state index in [0.717, 1.165) is 11.0 Å². The van der Waals surface area contributed by atoms with Gasteiger partial charge in [0.2, 0.25) is 5.91 Å². The van der Waals surface area contributed by atoms with Crippen LogP contribution in [0, 0.1) is 6.92 Å². The first kappa shape index (κ1) is 31.5. The highest BCUT2D eigenvalue weighted by molar-refractivity contribution is 5.97. The first-order chi connectivity index (χ1) is 20.4. The number of hydrogen-bond donors (Lipinski definition) is 4. The van der Waals surface area contributed by atoms with Crippen LogP contribution in [0.3, 0.4) is 0 Å². The van der Waals surface area contributed by atoms with Gasteiger partial charge in [-0.05, 0) is 42.7 Å². The summed E-state index contributed by atoms with van der Waals surface area (Å²) in [5, 5.41) is 26.2. The van der Waals surface area contributed by atoms with Crippen molar-refractivity contribution in [2.75, 3.05) is 6.54 Å². The number of amides is 3. The van der Waals surface area contributed by atoms with Crippen LogP contribution in [0.4, 0.5) is 17.6 Å². The van der Waals surface area contributed by atoms with E-state index in [1.165, 1.54) is 43.3 Å². The third-order valence-electron chi connectivity index (χ3n) is 7.41. The maximum absolute atomic E-state index is 14.6. The van der Waals surface area contributed by atoms with Crippen LogP contribution in [0.1, 0.15) is 39.0 Å². The van der Waals surface area contributed by atoms with Crippen molar-refractivity contribution < 1.29 is 42.2 Å². The SMILES string of the molecule is Cc1c(O)cccc1C(=O)N[C@@H](Cc1ccccc1)[C@H](O)C(=O)N1C[C@H](F)C[C@@H]1C(=O)NCc1ccccc1C(F)(F)F. The Labute approximate surface area is 245 Å². The Morgan fingerprint density at radius 3 is 2.37 bits per heavy atom. The van der Waals surface area contributed by atoms with Gasteiger partial charge < -0.3 is 25.7 Å². The molecule has 4 rings (SSSR count). The smallest absolute Gasteiger partial charge is 0.416 e. The molecule has 1 aliphatic rings. The predicted octanol–water partition coefficient (Wildman–Crippen LogP) is 3.68. The summed E-state index contributed by atoms with van der Waals surface area (Å²) in [7, 11) is 0. The van der Waals surface area contributed by atoms with Crippen LogP contribution < -0.4 is 10.6 Å². The molecule has 0 saturated carbocycles. The van der Waals surface area contributed by atoms with Crippen LogP contribution in [-0.4, -0.2) is 63.7 Å². The van der Waals surface area contributed by atoms with E-state index in [9.17, 15) is 42.2 Å². The zero-order valence-corrected chi connectivity index (χ0v) is 23.1. The fraction of sp³-hybridized carbons (Fsp3) is 0.323. The fourth-order valence-corrected chi connectivity index (χ4v) is 5.10. The van der Waals surface area contributed by atoms with Crippen LogP contribution in [0.2, 0.25) is 0 Å². The minimum absolute atomic E-state index is 0.00463. The molecule has 8 nitrogen and oxygen atoms in total. The number of nitrogens with zero attached hydrogens (tertiary/aromatic N) is 1. The molecule has 1 fully saturated rings. The number of benzene rings is 3. The van der Waals surface area contributed by atoms with E-state index in [1.807, 2.05) is 0 Å². The first-order valence-electron chi connectivity index (χ1n) is 13.6. The summed E-state index contributed by atoms with van der Waals surface area (Å²) < 4.78 is 54.7. The van der Waals surface area contributed by atoms with Crippen molar-refractivity contribution in [1.82, 2.24) is 15.5 Å². The van der Waals surface area contributed by atoms with E-state index < -0.39 is 73.3 Å². The van der Waals surface area contributed by atoms with Gasteiger partial charge in [-0.2, -0.15) is 13.2 Å². The number of phenolic OH excluding ortho intramolecular Hbond substituents is 1. The molecule has 0 aromatic heterocycles. The van der Waals surface area contributed by atoms with E-state index in [1.54, 1.807) is 30.3 Å². The Morgan fingerprint density at radius 2 is 1.67 bits per heavy atom. The van der Waals surface area contributed by atoms with E-state index in [0.29, 0.717) is 5.56 Å². The van der Waals surface area contributed by atoms with Gasteiger partial charge in [0.15, 0.2) is 6.10 Å². The molecule has 0 unspecified atom stereocenters. The Morgan fingerprint density at radius 1 is 1.00 bits per heavy atom. The molecule has 12 heteroatoms. The second-order valence-electron chi connectivity index (χ2n) is 10.4. The molecule has 1 aliphatic heterocycles. The number of carbonyl (C=O) groups is 3. The van der Waals surface area contributed by atoms with Gasteiger partial charge >= 0.3 is 6.18 Å². The van der Waals surface area contributed by atoms with Gasteiger partial charge in [0.1, 0.15) is 18.0 Å². The van der Waals surface area contributed by atoms with E-state index in [4.69, 9.17) is 0 Å². The third-order valence-corrected chi connectivity index (χ3v) is 7.41. The van der Waals surface area contributed by atoms with E-state index in [-0.39, 0.29) is 28.9 Å².